The van der Waals surface area contributed by atoms with Crippen molar-refractivity contribution in [2.24, 2.45) is 0 Å². The maximum absolute atomic E-state index is 11.8. The van der Waals surface area contributed by atoms with Crippen molar-refractivity contribution < 1.29 is 14.4 Å². The summed E-state index contributed by atoms with van der Waals surface area (Å²) in [6.45, 7) is 0. The minimum Gasteiger partial charge on any atom is -0.298 e. The van der Waals surface area contributed by atoms with Gasteiger partial charge in [0.15, 0.2) is 11.9 Å². The molecule has 1 saturated heterocycles. The highest BCUT2D eigenvalue weighted by Gasteiger charge is 2.31. The zero-order valence-electron chi connectivity index (χ0n) is 9.87. The quantitative estimate of drug-likeness (QED) is 0.607. The van der Waals surface area contributed by atoms with Crippen molar-refractivity contribution in [3.8, 4) is 0 Å². The topological polar surface area (TPSA) is 93.4 Å². The first kappa shape index (κ1) is 11.5. The average molecular weight is 258 g/mol. The van der Waals surface area contributed by atoms with Crippen LogP contribution in [-0.4, -0.2) is 32.7 Å². The Kier molecular flexibility index (Phi) is 2.59. The second-order valence-corrected chi connectivity index (χ2v) is 4.34. The summed E-state index contributed by atoms with van der Waals surface area (Å²) in [7, 11) is 0. The van der Waals surface area contributed by atoms with E-state index >= 15 is 0 Å². The molecule has 1 fully saturated rings. The van der Waals surface area contributed by atoms with E-state index in [-0.39, 0.29) is 18.2 Å². The van der Waals surface area contributed by atoms with E-state index in [0.717, 1.165) is 0 Å². The summed E-state index contributed by atoms with van der Waals surface area (Å²) < 4.78 is 1.61. The minimum absolute atomic E-state index is 0.274. The average Bonchev–Trinajstić information content (AvgIpc) is 2.82. The zero-order valence-corrected chi connectivity index (χ0v) is 9.87. The van der Waals surface area contributed by atoms with Crippen molar-refractivity contribution in [1.29, 1.82) is 0 Å². The number of carbonyl (C=O) groups is 3. The number of hydrogen-bond acceptors (Lipinski definition) is 5. The molecule has 3 rings (SSSR count). The van der Waals surface area contributed by atoms with Crippen LogP contribution in [0.5, 0.6) is 0 Å². The Labute approximate surface area is 107 Å². The van der Waals surface area contributed by atoms with E-state index < -0.39 is 5.92 Å². The molecule has 0 saturated carbocycles. The van der Waals surface area contributed by atoms with E-state index in [2.05, 4.69) is 15.5 Å². The van der Waals surface area contributed by atoms with Gasteiger partial charge in [0, 0.05) is 12.6 Å². The highest BCUT2D eigenvalue weighted by molar-refractivity contribution is 6.00. The van der Waals surface area contributed by atoms with Crippen molar-refractivity contribution in [2.75, 3.05) is 0 Å². The summed E-state index contributed by atoms with van der Waals surface area (Å²) in [6.07, 6.45) is 3.06. The van der Waals surface area contributed by atoms with Crippen LogP contribution >= 0.6 is 0 Å². The first-order valence-corrected chi connectivity index (χ1v) is 5.83. The van der Waals surface area contributed by atoms with Crippen LogP contribution < -0.4 is 5.32 Å². The summed E-state index contributed by atoms with van der Waals surface area (Å²) in [5.41, 5.74) is 0.825. The Balaban J connectivity index is 2.09. The summed E-state index contributed by atoms with van der Waals surface area (Å²) in [6, 6.07) is 3.32. The molecule has 2 aromatic heterocycles. The van der Waals surface area contributed by atoms with Gasteiger partial charge < -0.3 is 0 Å². The molecule has 0 aliphatic carbocycles. The molecule has 96 valence electrons. The Morgan fingerprint density at radius 2 is 2.21 bits per heavy atom. The number of nitrogens with one attached hydrogen (secondary N) is 1. The summed E-state index contributed by atoms with van der Waals surface area (Å²) in [4.78, 5) is 33.9. The fraction of sp³-hybridized carbons (Fsp3) is 0.250. The predicted molar refractivity (Wildman–Crippen MR) is 63.5 cm³/mol. The fourth-order valence-corrected chi connectivity index (χ4v) is 2.22. The van der Waals surface area contributed by atoms with Crippen LogP contribution in [0.3, 0.4) is 0 Å². The monoisotopic (exact) mass is 258 g/mol. The number of fused-ring (bicyclic) bond motifs is 1. The number of rotatable bonds is 2. The molecule has 2 aromatic rings. The van der Waals surface area contributed by atoms with Gasteiger partial charge in [0.2, 0.25) is 11.8 Å². The van der Waals surface area contributed by atoms with Crippen LogP contribution in [0.2, 0.25) is 0 Å². The van der Waals surface area contributed by atoms with E-state index in [1.165, 1.54) is 0 Å². The number of hydrogen-bond donors (Lipinski definition) is 1. The molecule has 3 heterocycles. The van der Waals surface area contributed by atoms with Gasteiger partial charge in [0.1, 0.15) is 5.82 Å². The SMILES string of the molecule is O=Cc1cccn2c(C3CCC(=O)NC3=O)nnc12. The number of pyridine rings is 1. The van der Waals surface area contributed by atoms with E-state index in [1.807, 2.05) is 0 Å². The third-order valence-corrected chi connectivity index (χ3v) is 3.17. The first-order chi connectivity index (χ1) is 9.20. The third-order valence-electron chi connectivity index (χ3n) is 3.17. The number of imide groups is 1. The van der Waals surface area contributed by atoms with Gasteiger partial charge in [0.05, 0.1) is 11.5 Å². The number of aldehydes is 1. The van der Waals surface area contributed by atoms with Crippen LogP contribution in [0.1, 0.15) is 34.9 Å². The van der Waals surface area contributed by atoms with E-state index in [4.69, 9.17) is 0 Å². The highest BCUT2D eigenvalue weighted by Crippen LogP contribution is 2.24. The molecular weight excluding hydrogens is 248 g/mol. The molecule has 7 nitrogen and oxygen atoms in total. The lowest BCUT2D eigenvalue weighted by molar-refractivity contribution is -0.134. The molecule has 1 aliphatic rings. The summed E-state index contributed by atoms with van der Waals surface area (Å²) in [5, 5.41) is 10.2. The Morgan fingerprint density at radius 1 is 1.37 bits per heavy atom. The number of nitrogens with zero attached hydrogens (tertiary/aromatic N) is 3. The maximum Gasteiger partial charge on any atom is 0.237 e. The summed E-state index contributed by atoms with van der Waals surface area (Å²) in [5.74, 6) is -0.719. The molecule has 0 bridgehead atoms. The molecule has 0 aromatic carbocycles. The summed E-state index contributed by atoms with van der Waals surface area (Å²) >= 11 is 0. The van der Waals surface area contributed by atoms with Gasteiger partial charge in [-0.15, -0.1) is 10.2 Å². The highest BCUT2D eigenvalue weighted by atomic mass is 16.2. The van der Waals surface area contributed by atoms with E-state index in [9.17, 15) is 14.4 Å². The zero-order chi connectivity index (χ0) is 13.4. The van der Waals surface area contributed by atoms with Crippen LogP contribution in [0.15, 0.2) is 18.3 Å². The standard InChI is InChI=1S/C12H10N4O3/c17-6-7-2-1-5-16-10(7)14-15-11(16)8-3-4-9(18)13-12(8)19/h1-2,5-6,8H,3-4H2,(H,13,18,19). The van der Waals surface area contributed by atoms with Crippen LogP contribution in [0.25, 0.3) is 5.65 Å². The van der Waals surface area contributed by atoms with Gasteiger partial charge >= 0.3 is 0 Å². The number of piperidine rings is 1. The van der Waals surface area contributed by atoms with Crippen molar-refractivity contribution in [1.82, 2.24) is 19.9 Å². The normalized spacial score (nSPS) is 19.5. The molecular formula is C12H10N4O3. The fourth-order valence-electron chi connectivity index (χ4n) is 2.22. The molecule has 7 heteroatoms. The van der Waals surface area contributed by atoms with Gasteiger partial charge in [0.25, 0.3) is 0 Å². The van der Waals surface area contributed by atoms with Crippen molar-refractivity contribution >= 4 is 23.7 Å². The maximum atomic E-state index is 11.8. The second-order valence-electron chi connectivity index (χ2n) is 4.34. The molecule has 0 spiro atoms. The van der Waals surface area contributed by atoms with Crippen LogP contribution in [-0.2, 0) is 9.59 Å². The van der Waals surface area contributed by atoms with Crippen LogP contribution in [0.4, 0.5) is 0 Å². The smallest absolute Gasteiger partial charge is 0.237 e. The van der Waals surface area contributed by atoms with Gasteiger partial charge in [-0.25, -0.2) is 0 Å². The lowest BCUT2D eigenvalue weighted by atomic mass is 9.97. The minimum atomic E-state index is -0.519. The molecule has 0 radical (unpaired) electrons. The lowest BCUT2D eigenvalue weighted by Crippen LogP contribution is -2.40. The van der Waals surface area contributed by atoms with E-state index in [1.54, 1.807) is 22.7 Å². The second kappa shape index (κ2) is 4.27. The number of aromatic nitrogens is 3. The van der Waals surface area contributed by atoms with Gasteiger partial charge in [-0.2, -0.15) is 0 Å². The number of carbonyl (C=O) groups excluding carboxylic acids is 3. The van der Waals surface area contributed by atoms with Crippen molar-refractivity contribution in [2.45, 2.75) is 18.8 Å². The first-order valence-electron chi connectivity index (χ1n) is 5.83. The molecule has 1 atom stereocenters. The van der Waals surface area contributed by atoms with Gasteiger partial charge in [-0.3, -0.25) is 24.1 Å². The lowest BCUT2D eigenvalue weighted by Gasteiger charge is -2.19. The predicted octanol–water partition coefficient (Wildman–Crippen LogP) is 0.0620. The molecule has 1 unspecified atom stereocenters. The molecule has 19 heavy (non-hydrogen) atoms. The Bertz CT molecular complexity index is 691. The molecule has 2 amide bonds. The molecule has 1 N–H and O–H groups in total. The van der Waals surface area contributed by atoms with Gasteiger partial charge in [-0.1, -0.05) is 0 Å². The van der Waals surface area contributed by atoms with Crippen LogP contribution in [0, 0.1) is 0 Å². The largest absolute Gasteiger partial charge is 0.298 e. The van der Waals surface area contributed by atoms with Crippen molar-refractivity contribution in [3.63, 3.8) is 0 Å². The van der Waals surface area contributed by atoms with E-state index in [0.29, 0.717) is 29.7 Å². The Hall–Kier alpha value is -2.57. The van der Waals surface area contributed by atoms with Gasteiger partial charge in [-0.05, 0) is 18.6 Å². The third kappa shape index (κ3) is 1.79. The number of amides is 2. The van der Waals surface area contributed by atoms with Crippen molar-refractivity contribution in [3.05, 3.63) is 29.7 Å². The molecule has 1 aliphatic heterocycles. The Morgan fingerprint density at radius 3 is 2.95 bits per heavy atom.